The Kier molecular flexibility index (Phi) is 5.46. The summed E-state index contributed by atoms with van der Waals surface area (Å²) in [6, 6.07) is 0. The zero-order valence-electron chi connectivity index (χ0n) is 10.7. The fraction of sp³-hybridized carbons (Fsp3) is 0.500. The second-order valence-electron chi connectivity index (χ2n) is 4.06. The largest absolute Gasteiger partial charge is 0.465 e. The average Bonchev–Trinajstić information content (AvgIpc) is 2.69. The van der Waals surface area contributed by atoms with Gasteiger partial charge in [0.15, 0.2) is 0 Å². The van der Waals surface area contributed by atoms with Gasteiger partial charge < -0.3 is 25.7 Å². The number of hydroxylamine groups is 2. The molecule has 1 rings (SSSR count). The topological polar surface area (TPSA) is 162 Å². The number of nitrogens with zero attached hydrogens (tertiary/aromatic N) is 1. The summed E-state index contributed by atoms with van der Waals surface area (Å²) in [6.07, 6.45) is -3.01. The Balaban J connectivity index is 2.64. The minimum absolute atomic E-state index is 0.0858. The molecule has 116 valence electrons. The van der Waals surface area contributed by atoms with E-state index in [4.69, 9.17) is 10.2 Å². The number of carboxylic acid groups (broad SMARTS) is 2. The summed E-state index contributed by atoms with van der Waals surface area (Å²) in [6.45, 7) is -0.880. The van der Waals surface area contributed by atoms with E-state index in [-0.39, 0.29) is 12.8 Å². The second-order valence-corrected chi connectivity index (χ2v) is 4.06. The van der Waals surface area contributed by atoms with Gasteiger partial charge >= 0.3 is 18.2 Å². The van der Waals surface area contributed by atoms with Crippen molar-refractivity contribution in [3.63, 3.8) is 0 Å². The Morgan fingerprint density at radius 3 is 1.86 bits per heavy atom. The van der Waals surface area contributed by atoms with Crippen LogP contribution in [-0.4, -0.2) is 58.3 Å². The molecule has 0 saturated carbocycles. The van der Waals surface area contributed by atoms with Gasteiger partial charge in [-0.2, -0.15) is 0 Å². The van der Waals surface area contributed by atoms with Gasteiger partial charge in [0.1, 0.15) is 0 Å². The SMILES string of the molecule is O=C(O)NCC(CNC(=O)O)C(=O)ON1C(=O)CCC1=O. The molecule has 1 saturated heterocycles. The predicted molar refractivity (Wildman–Crippen MR) is 62.7 cm³/mol. The lowest BCUT2D eigenvalue weighted by Gasteiger charge is -2.18. The molecule has 1 fully saturated rings. The number of amides is 4. The van der Waals surface area contributed by atoms with Gasteiger partial charge in [0, 0.05) is 25.9 Å². The fourth-order valence-corrected chi connectivity index (χ4v) is 1.48. The van der Waals surface area contributed by atoms with E-state index in [0.29, 0.717) is 5.06 Å². The predicted octanol–water partition coefficient (Wildman–Crippen LogP) is -1.25. The highest BCUT2D eigenvalue weighted by molar-refractivity contribution is 6.01. The number of nitrogens with one attached hydrogen (secondary N) is 2. The van der Waals surface area contributed by atoms with Crippen LogP contribution in [0.3, 0.4) is 0 Å². The van der Waals surface area contributed by atoms with Gasteiger partial charge in [-0.05, 0) is 0 Å². The van der Waals surface area contributed by atoms with Gasteiger partial charge in [-0.15, -0.1) is 5.06 Å². The van der Waals surface area contributed by atoms with Crippen molar-refractivity contribution in [1.82, 2.24) is 15.7 Å². The molecule has 4 N–H and O–H groups in total. The zero-order valence-corrected chi connectivity index (χ0v) is 10.7. The Hall–Kier alpha value is -2.85. The fourth-order valence-electron chi connectivity index (χ4n) is 1.48. The number of hydrogen-bond acceptors (Lipinski definition) is 6. The first-order valence-corrected chi connectivity index (χ1v) is 5.82. The molecule has 0 aliphatic carbocycles. The summed E-state index contributed by atoms with van der Waals surface area (Å²) in [5.41, 5.74) is 0. The molecule has 0 aromatic carbocycles. The number of carbonyl (C=O) groups is 5. The van der Waals surface area contributed by atoms with E-state index in [9.17, 15) is 24.0 Å². The van der Waals surface area contributed by atoms with E-state index < -0.39 is 49.0 Å². The van der Waals surface area contributed by atoms with Crippen molar-refractivity contribution in [3.05, 3.63) is 0 Å². The van der Waals surface area contributed by atoms with Crippen molar-refractivity contribution in [2.24, 2.45) is 5.92 Å². The molecule has 4 amide bonds. The van der Waals surface area contributed by atoms with E-state index in [1.165, 1.54) is 0 Å². The van der Waals surface area contributed by atoms with Crippen molar-refractivity contribution in [1.29, 1.82) is 0 Å². The van der Waals surface area contributed by atoms with Crippen LogP contribution in [0, 0.1) is 5.92 Å². The van der Waals surface area contributed by atoms with E-state index in [1.807, 2.05) is 10.6 Å². The smallest absolute Gasteiger partial charge is 0.404 e. The first-order valence-electron chi connectivity index (χ1n) is 5.82. The first-order chi connectivity index (χ1) is 9.81. The Bertz CT molecular complexity index is 443. The molecule has 21 heavy (non-hydrogen) atoms. The van der Waals surface area contributed by atoms with Crippen molar-refractivity contribution in [2.45, 2.75) is 12.8 Å². The maximum atomic E-state index is 11.8. The molecule has 0 aromatic heterocycles. The third-order valence-electron chi connectivity index (χ3n) is 2.52. The van der Waals surface area contributed by atoms with E-state index >= 15 is 0 Å². The lowest BCUT2D eigenvalue weighted by atomic mass is 10.1. The van der Waals surface area contributed by atoms with Gasteiger partial charge in [0.2, 0.25) is 0 Å². The van der Waals surface area contributed by atoms with Crippen LogP contribution in [0.4, 0.5) is 9.59 Å². The van der Waals surface area contributed by atoms with Crippen LogP contribution in [0.1, 0.15) is 12.8 Å². The molecule has 0 spiro atoms. The molecule has 0 bridgehead atoms. The van der Waals surface area contributed by atoms with Crippen LogP contribution in [0.5, 0.6) is 0 Å². The zero-order chi connectivity index (χ0) is 16.0. The normalized spacial score (nSPS) is 14.2. The maximum Gasteiger partial charge on any atom is 0.404 e. The Labute approximate surface area is 117 Å². The number of rotatable bonds is 6. The summed E-state index contributed by atoms with van der Waals surface area (Å²) in [5.74, 6) is -3.70. The van der Waals surface area contributed by atoms with Gasteiger partial charge in [-0.3, -0.25) is 9.59 Å². The molecule has 0 atom stereocenters. The molecule has 0 unspecified atom stereocenters. The van der Waals surface area contributed by atoms with Crippen LogP contribution in [0.25, 0.3) is 0 Å². The number of imide groups is 1. The molecular formula is C10H13N3O8. The van der Waals surface area contributed by atoms with Crippen molar-refractivity contribution < 1.29 is 39.0 Å². The summed E-state index contributed by atoms with van der Waals surface area (Å²) in [5, 5.41) is 21.0. The lowest BCUT2D eigenvalue weighted by Crippen LogP contribution is -2.43. The third kappa shape index (κ3) is 4.97. The summed E-state index contributed by atoms with van der Waals surface area (Å²) >= 11 is 0. The lowest BCUT2D eigenvalue weighted by molar-refractivity contribution is -0.200. The summed E-state index contributed by atoms with van der Waals surface area (Å²) < 4.78 is 0. The summed E-state index contributed by atoms with van der Waals surface area (Å²) in [4.78, 5) is 59.7. The Morgan fingerprint density at radius 2 is 1.48 bits per heavy atom. The van der Waals surface area contributed by atoms with Gasteiger partial charge in [-0.1, -0.05) is 0 Å². The standard InChI is InChI=1S/C10H13N3O8/c14-6-1-2-7(15)13(6)21-8(16)5(3-11-9(17)18)4-12-10(19)20/h5,11-12H,1-4H2,(H,17,18)(H,19,20). The highest BCUT2D eigenvalue weighted by atomic mass is 16.7. The van der Waals surface area contributed by atoms with E-state index in [2.05, 4.69) is 4.84 Å². The molecule has 1 aliphatic rings. The molecule has 1 aliphatic heterocycles. The van der Waals surface area contributed by atoms with Crippen LogP contribution in [0.15, 0.2) is 0 Å². The van der Waals surface area contributed by atoms with Crippen LogP contribution in [0.2, 0.25) is 0 Å². The monoisotopic (exact) mass is 303 g/mol. The minimum atomic E-state index is -1.42. The minimum Gasteiger partial charge on any atom is -0.465 e. The summed E-state index contributed by atoms with van der Waals surface area (Å²) in [7, 11) is 0. The van der Waals surface area contributed by atoms with Gasteiger partial charge in [-0.25, -0.2) is 14.4 Å². The molecule has 1 heterocycles. The highest BCUT2D eigenvalue weighted by Crippen LogP contribution is 2.13. The maximum absolute atomic E-state index is 11.8. The molecule has 0 aromatic rings. The van der Waals surface area contributed by atoms with Crippen molar-refractivity contribution in [2.75, 3.05) is 13.1 Å². The third-order valence-corrected chi connectivity index (χ3v) is 2.52. The first kappa shape index (κ1) is 16.2. The van der Waals surface area contributed by atoms with E-state index in [1.54, 1.807) is 0 Å². The number of carbonyl (C=O) groups excluding carboxylic acids is 3. The second kappa shape index (κ2) is 7.07. The van der Waals surface area contributed by atoms with Crippen LogP contribution >= 0.6 is 0 Å². The van der Waals surface area contributed by atoms with Crippen LogP contribution < -0.4 is 10.6 Å². The van der Waals surface area contributed by atoms with Gasteiger partial charge in [0.05, 0.1) is 5.92 Å². The van der Waals surface area contributed by atoms with Crippen molar-refractivity contribution in [3.8, 4) is 0 Å². The molecule has 0 radical (unpaired) electrons. The molecule has 11 heteroatoms. The quantitative estimate of drug-likeness (QED) is 0.442. The highest BCUT2D eigenvalue weighted by Gasteiger charge is 2.35. The molecule has 11 nitrogen and oxygen atoms in total. The van der Waals surface area contributed by atoms with Crippen LogP contribution in [-0.2, 0) is 19.2 Å². The number of hydrogen-bond donors (Lipinski definition) is 4. The van der Waals surface area contributed by atoms with Crippen molar-refractivity contribution >= 4 is 30.0 Å². The van der Waals surface area contributed by atoms with E-state index in [0.717, 1.165) is 0 Å². The molecular weight excluding hydrogens is 290 g/mol. The Morgan fingerprint density at radius 1 is 1.05 bits per heavy atom. The average molecular weight is 303 g/mol. The van der Waals surface area contributed by atoms with Gasteiger partial charge in [0.25, 0.3) is 11.8 Å².